The highest BCUT2D eigenvalue weighted by Crippen LogP contribution is 2.29. The van der Waals surface area contributed by atoms with Crippen LogP contribution in [0.4, 0.5) is 11.5 Å². The smallest absolute Gasteiger partial charge is 0.128 e. The molecule has 1 aliphatic heterocycles. The van der Waals surface area contributed by atoms with E-state index in [4.69, 9.17) is 10.7 Å². The Bertz CT molecular complexity index is 543. The lowest BCUT2D eigenvalue weighted by atomic mass is 9.86. The van der Waals surface area contributed by atoms with Gasteiger partial charge in [0, 0.05) is 19.1 Å². The molecule has 1 saturated heterocycles. The topological polar surface area (TPSA) is 54.2 Å². The van der Waals surface area contributed by atoms with Crippen LogP contribution in [0.1, 0.15) is 70.4 Å². The summed E-state index contributed by atoms with van der Waals surface area (Å²) < 4.78 is 0. The van der Waals surface area contributed by atoms with Crippen LogP contribution in [0.2, 0.25) is 0 Å². The van der Waals surface area contributed by atoms with Gasteiger partial charge in [-0.15, -0.1) is 0 Å². The van der Waals surface area contributed by atoms with E-state index in [0.717, 1.165) is 43.0 Å². The Morgan fingerprint density at radius 3 is 2.42 bits per heavy atom. The van der Waals surface area contributed by atoms with Gasteiger partial charge in [-0.1, -0.05) is 26.2 Å². The molecule has 1 saturated carbocycles. The highest BCUT2D eigenvalue weighted by Gasteiger charge is 2.22. The van der Waals surface area contributed by atoms with Gasteiger partial charge >= 0.3 is 0 Å². The van der Waals surface area contributed by atoms with E-state index < -0.39 is 0 Å². The fraction of sp³-hybridized carbons (Fsp3) is 0.773. The lowest BCUT2D eigenvalue weighted by Gasteiger charge is -2.33. The molecule has 1 aromatic heterocycles. The number of unbranched alkanes of at least 4 members (excludes halogenated alkanes) is 1. The second-order valence-corrected chi connectivity index (χ2v) is 8.47. The van der Waals surface area contributed by atoms with Gasteiger partial charge in [-0.2, -0.15) is 0 Å². The Balaban J connectivity index is 1.52. The molecule has 4 heteroatoms. The van der Waals surface area contributed by atoms with Gasteiger partial charge in [0.25, 0.3) is 0 Å². The second-order valence-electron chi connectivity index (χ2n) is 8.47. The number of pyridine rings is 1. The zero-order valence-electron chi connectivity index (χ0n) is 16.8. The average Bonchev–Trinajstić information content (AvgIpc) is 2.69. The normalized spacial score (nSPS) is 24.7. The van der Waals surface area contributed by atoms with E-state index >= 15 is 0 Å². The maximum absolute atomic E-state index is 5.81. The molecule has 1 aliphatic carbocycles. The number of hydrogen-bond acceptors (Lipinski definition) is 4. The van der Waals surface area contributed by atoms with Crippen molar-refractivity contribution in [3.8, 4) is 0 Å². The molecule has 2 heterocycles. The van der Waals surface area contributed by atoms with E-state index in [2.05, 4.69) is 36.2 Å². The standard InChI is InChI=1S/C22H38N4/c1-3-4-5-18-12-14-26(15-13-18)22-11-10-21(17(2)24-22)25-20-8-6-19(16-23)7-9-20/h10-11,18-20,25H,3-9,12-16,23H2,1-2H3. The highest BCUT2D eigenvalue weighted by atomic mass is 15.2. The van der Waals surface area contributed by atoms with Gasteiger partial charge in [0.2, 0.25) is 0 Å². The first kappa shape index (κ1) is 19.5. The number of nitrogens with zero attached hydrogens (tertiary/aromatic N) is 2. The van der Waals surface area contributed by atoms with Crippen LogP contribution in [0.15, 0.2) is 12.1 Å². The summed E-state index contributed by atoms with van der Waals surface area (Å²) in [5.74, 6) is 2.82. The number of aryl methyl sites for hydroxylation is 1. The number of piperidine rings is 1. The van der Waals surface area contributed by atoms with Crippen LogP contribution in [0.25, 0.3) is 0 Å². The van der Waals surface area contributed by atoms with Crippen LogP contribution in [0.3, 0.4) is 0 Å². The first-order valence-electron chi connectivity index (χ1n) is 10.9. The Morgan fingerprint density at radius 1 is 1.08 bits per heavy atom. The first-order chi connectivity index (χ1) is 12.7. The molecule has 26 heavy (non-hydrogen) atoms. The molecular weight excluding hydrogens is 320 g/mol. The van der Waals surface area contributed by atoms with Gasteiger partial charge in [-0.05, 0) is 76.0 Å². The van der Waals surface area contributed by atoms with Gasteiger partial charge in [0.1, 0.15) is 5.82 Å². The molecule has 0 unspecified atom stereocenters. The summed E-state index contributed by atoms with van der Waals surface area (Å²) in [4.78, 5) is 7.40. The highest BCUT2D eigenvalue weighted by molar-refractivity contribution is 5.54. The summed E-state index contributed by atoms with van der Waals surface area (Å²) in [6, 6.07) is 5.04. The Morgan fingerprint density at radius 2 is 1.81 bits per heavy atom. The van der Waals surface area contributed by atoms with Crippen LogP contribution < -0.4 is 16.0 Å². The maximum atomic E-state index is 5.81. The van der Waals surface area contributed by atoms with Crippen molar-refractivity contribution >= 4 is 11.5 Å². The van der Waals surface area contributed by atoms with Crippen molar-refractivity contribution in [2.75, 3.05) is 29.9 Å². The fourth-order valence-electron chi connectivity index (χ4n) is 4.58. The predicted molar refractivity (Wildman–Crippen MR) is 112 cm³/mol. The van der Waals surface area contributed by atoms with Crippen LogP contribution in [0.5, 0.6) is 0 Å². The summed E-state index contributed by atoms with van der Waals surface area (Å²) >= 11 is 0. The van der Waals surface area contributed by atoms with Crippen molar-refractivity contribution in [1.82, 2.24) is 4.98 Å². The number of anilines is 2. The van der Waals surface area contributed by atoms with Crippen molar-refractivity contribution in [1.29, 1.82) is 0 Å². The van der Waals surface area contributed by atoms with Gasteiger partial charge in [-0.3, -0.25) is 0 Å². The molecule has 2 fully saturated rings. The first-order valence-corrected chi connectivity index (χ1v) is 10.9. The zero-order valence-corrected chi connectivity index (χ0v) is 16.8. The number of rotatable bonds is 7. The molecular formula is C22H38N4. The molecule has 0 bridgehead atoms. The fourth-order valence-corrected chi connectivity index (χ4v) is 4.58. The van der Waals surface area contributed by atoms with Crippen molar-refractivity contribution in [2.24, 2.45) is 17.6 Å². The Hall–Kier alpha value is -1.29. The largest absolute Gasteiger partial charge is 0.381 e. The number of nitrogens with one attached hydrogen (secondary N) is 1. The minimum absolute atomic E-state index is 0.582. The van der Waals surface area contributed by atoms with E-state index in [9.17, 15) is 0 Å². The number of aromatic nitrogens is 1. The minimum Gasteiger partial charge on any atom is -0.381 e. The molecule has 146 valence electrons. The molecule has 0 atom stereocenters. The van der Waals surface area contributed by atoms with E-state index in [-0.39, 0.29) is 0 Å². The SMILES string of the molecule is CCCCC1CCN(c2ccc(NC3CCC(CN)CC3)c(C)n2)CC1. The van der Waals surface area contributed by atoms with Gasteiger partial charge in [0.15, 0.2) is 0 Å². The lowest BCUT2D eigenvalue weighted by Crippen LogP contribution is -2.34. The molecule has 3 rings (SSSR count). The van der Waals surface area contributed by atoms with E-state index in [1.54, 1.807) is 0 Å². The average molecular weight is 359 g/mol. The number of hydrogen-bond donors (Lipinski definition) is 2. The zero-order chi connectivity index (χ0) is 18.4. The summed E-state index contributed by atoms with van der Waals surface area (Å²) in [5, 5.41) is 3.73. The van der Waals surface area contributed by atoms with Crippen LogP contribution in [-0.2, 0) is 0 Å². The van der Waals surface area contributed by atoms with Crippen molar-refractivity contribution in [3.05, 3.63) is 17.8 Å². The molecule has 1 aromatic rings. The van der Waals surface area contributed by atoms with Gasteiger partial charge in [-0.25, -0.2) is 4.98 Å². The predicted octanol–water partition coefficient (Wildman–Crippen LogP) is 4.73. The third kappa shape index (κ3) is 5.12. The summed E-state index contributed by atoms with van der Waals surface area (Å²) in [7, 11) is 0. The van der Waals surface area contributed by atoms with E-state index in [1.165, 1.54) is 63.5 Å². The van der Waals surface area contributed by atoms with Crippen LogP contribution in [0, 0.1) is 18.8 Å². The summed E-state index contributed by atoms with van der Waals surface area (Å²) in [5.41, 5.74) is 8.16. The third-order valence-electron chi connectivity index (χ3n) is 6.52. The second kappa shape index (κ2) is 9.59. The molecule has 4 nitrogen and oxygen atoms in total. The van der Waals surface area contributed by atoms with Crippen LogP contribution >= 0.6 is 0 Å². The van der Waals surface area contributed by atoms with Gasteiger partial charge in [0.05, 0.1) is 11.4 Å². The third-order valence-corrected chi connectivity index (χ3v) is 6.52. The Labute approximate surface area is 159 Å². The molecule has 0 amide bonds. The molecule has 0 aromatic carbocycles. The maximum Gasteiger partial charge on any atom is 0.128 e. The summed E-state index contributed by atoms with van der Waals surface area (Å²) in [6.07, 6.45) is 11.7. The Kier molecular flexibility index (Phi) is 7.18. The molecule has 3 N–H and O–H groups in total. The van der Waals surface area contributed by atoms with Gasteiger partial charge < -0.3 is 16.0 Å². The van der Waals surface area contributed by atoms with Crippen molar-refractivity contribution in [2.45, 2.75) is 77.7 Å². The monoisotopic (exact) mass is 358 g/mol. The van der Waals surface area contributed by atoms with E-state index in [0.29, 0.717) is 6.04 Å². The molecule has 2 aliphatic rings. The summed E-state index contributed by atoms with van der Waals surface area (Å²) in [6.45, 7) is 7.61. The molecule has 0 radical (unpaired) electrons. The van der Waals surface area contributed by atoms with Crippen LogP contribution in [-0.4, -0.2) is 30.7 Å². The van der Waals surface area contributed by atoms with E-state index in [1.807, 2.05) is 0 Å². The number of nitrogens with two attached hydrogens (primary N) is 1. The molecule has 0 spiro atoms. The van der Waals surface area contributed by atoms with Crippen molar-refractivity contribution in [3.63, 3.8) is 0 Å². The van der Waals surface area contributed by atoms with Crippen molar-refractivity contribution < 1.29 is 0 Å². The minimum atomic E-state index is 0.582. The lowest BCUT2D eigenvalue weighted by molar-refractivity contribution is 0.345. The quantitative estimate of drug-likeness (QED) is 0.740.